The van der Waals surface area contributed by atoms with Gasteiger partial charge in [0.1, 0.15) is 5.75 Å². The number of nitrogens with two attached hydrogens (primary N) is 1. The molecule has 0 heterocycles. The summed E-state index contributed by atoms with van der Waals surface area (Å²) in [6, 6.07) is 6.44. The predicted molar refractivity (Wildman–Crippen MR) is 55.4 cm³/mol. The Morgan fingerprint density at radius 3 is 2.40 bits per heavy atom. The van der Waals surface area contributed by atoms with Gasteiger partial charge in [-0.25, -0.2) is 0 Å². The van der Waals surface area contributed by atoms with E-state index >= 15 is 0 Å². The molecule has 5 nitrogen and oxygen atoms in total. The van der Waals surface area contributed by atoms with Crippen LogP contribution in [0.3, 0.4) is 0 Å². The molecule has 0 aliphatic carbocycles. The maximum atomic E-state index is 10.9. The predicted octanol–water partition coefficient (Wildman–Crippen LogP) is 0.509. The molecule has 0 saturated heterocycles. The largest absolute Gasteiger partial charge is 0.427 e. The lowest BCUT2D eigenvalue weighted by molar-refractivity contribution is -0.131. The molecule has 0 aromatic heterocycles. The molecular weight excluding hydrogens is 196 g/mol. The topological polar surface area (TPSA) is 81.4 Å². The lowest BCUT2D eigenvalue weighted by Gasteiger charge is -2.04. The molecule has 0 saturated carbocycles. The number of hydrogen-bond donors (Lipinski definition) is 2. The quantitative estimate of drug-likeness (QED) is 0.560. The summed E-state index contributed by atoms with van der Waals surface area (Å²) in [4.78, 5) is 21.5. The third-order valence-corrected chi connectivity index (χ3v) is 1.59. The van der Waals surface area contributed by atoms with Gasteiger partial charge in [0.25, 0.3) is 0 Å². The van der Waals surface area contributed by atoms with E-state index in [1.165, 1.54) is 6.92 Å². The molecule has 0 radical (unpaired) electrons. The summed E-state index contributed by atoms with van der Waals surface area (Å²) in [5.74, 6) is -0.211. The molecule has 1 rings (SSSR count). The Kier molecular flexibility index (Phi) is 3.82. The van der Waals surface area contributed by atoms with Crippen molar-refractivity contribution >= 4 is 17.6 Å². The van der Waals surface area contributed by atoms with E-state index in [0.29, 0.717) is 11.4 Å². The molecular formula is C10H12N2O3. The van der Waals surface area contributed by atoms with Crippen LogP contribution in [0.15, 0.2) is 24.3 Å². The van der Waals surface area contributed by atoms with E-state index in [-0.39, 0.29) is 18.4 Å². The van der Waals surface area contributed by atoms with E-state index < -0.39 is 0 Å². The van der Waals surface area contributed by atoms with Crippen LogP contribution in [0.2, 0.25) is 0 Å². The molecule has 5 heteroatoms. The maximum absolute atomic E-state index is 10.9. The highest BCUT2D eigenvalue weighted by Gasteiger charge is 2.00. The highest BCUT2D eigenvalue weighted by atomic mass is 16.5. The molecule has 1 amide bonds. The third-order valence-electron chi connectivity index (χ3n) is 1.59. The van der Waals surface area contributed by atoms with Gasteiger partial charge >= 0.3 is 5.97 Å². The fourth-order valence-corrected chi connectivity index (χ4v) is 0.984. The lowest BCUT2D eigenvalue weighted by atomic mass is 10.3. The van der Waals surface area contributed by atoms with Crippen LogP contribution in [-0.4, -0.2) is 18.4 Å². The average molecular weight is 208 g/mol. The molecule has 0 spiro atoms. The number of rotatable bonds is 3. The van der Waals surface area contributed by atoms with Crippen LogP contribution in [0, 0.1) is 0 Å². The van der Waals surface area contributed by atoms with Crippen molar-refractivity contribution in [1.82, 2.24) is 0 Å². The Morgan fingerprint density at radius 1 is 1.33 bits per heavy atom. The first-order chi connectivity index (χ1) is 7.11. The normalized spacial score (nSPS) is 9.47. The standard InChI is InChI=1S/C10H12N2O3/c1-7(13)15-9-4-2-8(3-5-9)12-10(14)6-11/h2-5H,6,11H2,1H3,(H,12,14). The lowest BCUT2D eigenvalue weighted by Crippen LogP contribution is -2.21. The van der Waals surface area contributed by atoms with Gasteiger partial charge in [-0.15, -0.1) is 0 Å². The molecule has 0 bridgehead atoms. The molecule has 0 unspecified atom stereocenters. The van der Waals surface area contributed by atoms with Crippen LogP contribution in [0.4, 0.5) is 5.69 Å². The number of hydrogen-bond acceptors (Lipinski definition) is 4. The monoisotopic (exact) mass is 208 g/mol. The molecule has 0 atom stereocenters. The smallest absolute Gasteiger partial charge is 0.308 e. The Hall–Kier alpha value is -1.88. The van der Waals surface area contributed by atoms with Crippen LogP contribution in [0.1, 0.15) is 6.92 Å². The van der Waals surface area contributed by atoms with Crippen molar-refractivity contribution in [2.24, 2.45) is 5.73 Å². The number of amides is 1. The minimum Gasteiger partial charge on any atom is -0.427 e. The van der Waals surface area contributed by atoms with E-state index in [9.17, 15) is 9.59 Å². The number of nitrogens with one attached hydrogen (secondary N) is 1. The molecule has 3 N–H and O–H groups in total. The summed E-state index contributed by atoms with van der Waals surface area (Å²) < 4.78 is 4.82. The van der Waals surface area contributed by atoms with Crippen LogP contribution in [0.5, 0.6) is 5.75 Å². The van der Waals surface area contributed by atoms with Crippen molar-refractivity contribution in [1.29, 1.82) is 0 Å². The van der Waals surface area contributed by atoms with Crippen LogP contribution < -0.4 is 15.8 Å². The van der Waals surface area contributed by atoms with E-state index in [1.807, 2.05) is 0 Å². The van der Waals surface area contributed by atoms with E-state index in [1.54, 1.807) is 24.3 Å². The van der Waals surface area contributed by atoms with Gasteiger partial charge in [-0.3, -0.25) is 9.59 Å². The van der Waals surface area contributed by atoms with Gasteiger partial charge in [0.2, 0.25) is 5.91 Å². The van der Waals surface area contributed by atoms with Crippen molar-refractivity contribution in [3.05, 3.63) is 24.3 Å². The van der Waals surface area contributed by atoms with Crippen molar-refractivity contribution in [2.45, 2.75) is 6.92 Å². The minimum absolute atomic E-state index is 0.0638. The molecule has 0 aliphatic heterocycles. The molecule has 15 heavy (non-hydrogen) atoms. The maximum Gasteiger partial charge on any atom is 0.308 e. The van der Waals surface area contributed by atoms with Gasteiger partial charge in [-0.2, -0.15) is 0 Å². The molecule has 80 valence electrons. The van der Waals surface area contributed by atoms with E-state index in [4.69, 9.17) is 10.5 Å². The third kappa shape index (κ3) is 3.78. The Morgan fingerprint density at radius 2 is 1.93 bits per heavy atom. The number of carbonyl (C=O) groups excluding carboxylic acids is 2. The van der Waals surface area contributed by atoms with Gasteiger partial charge in [-0.1, -0.05) is 0 Å². The Bertz CT molecular complexity index is 359. The second kappa shape index (κ2) is 5.11. The van der Waals surface area contributed by atoms with Gasteiger partial charge in [0, 0.05) is 12.6 Å². The summed E-state index contributed by atoms with van der Waals surface area (Å²) >= 11 is 0. The highest BCUT2D eigenvalue weighted by molar-refractivity contribution is 5.92. The average Bonchev–Trinajstić information content (AvgIpc) is 2.20. The second-order valence-electron chi connectivity index (χ2n) is 2.87. The summed E-state index contributed by atoms with van der Waals surface area (Å²) in [5.41, 5.74) is 5.75. The van der Waals surface area contributed by atoms with Gasteiger partial charge in [-0.05, 0) is 24.3 Å². The van der Waals surface area contributed by atoms with Gasteiger partial charge < -0.3 is 15.8 Å². The molecule has 1 aromatic carbocycles. The van der Waals surface area contributed by atoms with E-state index in [2.05, 4.69) is 5.32 Å². The molecule has 0 aliphatic rings. The number of esters is 1. The van der Waals surface area contributed by atoms with Crippen LogP contribution >= 0.6 is 0 Å². The first kappa shape index (κ1) is 11.2. The van der Waals surface area contributed by atoms with Gasteiger partial charge in [0.05, 0.1) is 6.54 Å². The van der Waals surface area contributed by atoms with Crippen LogP contribution in [-0.2, 0) is 9.59 Å². The fraction of sp³-hybridized carbons (Fsp3) is 0.200. The van der Waals surface area contributed by atoms with Crippen molar-refractivity contribution in [2.75, 3.05) is 11.9 Å². The summed E-state index contributed by atoms with van der Waals surface area (Å²) in [6.45, 7) is 1.26. The fourth-order valence-electron chi connectivity index (χ4n) is 0.984. The number of carbonyl (C=O) groups is 2. The zero-order valence-electron chi connectivity index (χ0n) is 8.32. The second-order valence-corrected chi connectivity index (χ2v) is 2.87. The highest BCUT2D eigenvalue weighted by Crippen LogP contribution is 2.15. The molecule has 0 fully saturated rings. The Labute approximate surface area is 87.2 Å². The first-order valence-electron chi connectivity index (χ1n) is 4.40. The summed E-state index contributed by atoms with van der Waals surface area (Å²) in [6.07, 6.45) is 0. The SMILES string of the molecule is CC(=O)Oc1ccc(NC(=O)CN)cc1. The van der Waals surface area contributed by atoms with Crippen molar-refractivity contribution in [3.8, 4) is 5.75 Å². The summed E-state index contributed by atoms with van der Waals surface area (Å²) in [5, 5.41) is 2.57. The first-order valence-corrected chi connectivity index (χ1v) is 4.40. The zero-order valence-corrected chi connectivity index (χ0v) is 8.32. The Balaban J connectivity index is 2.64. The van der Waals surface area contributed by atoms with E-state index in [0.717, 1.165) is 0 Å². The zero-order chi connectivity index (χ0) is 11.3. The minimum atomic E-state index is -0.381. The summed E-state index contributed by atoms with van der Waals surface area (Å²) in [7, 11) is 0. The molecule has 1 aromatic rings. The van der Waals surface area contributed by atoms with Gasteiger partial charge in [0.15, 0.2) is 0 Å². The van der Waals surface area contributed by atoms with Crippen molar-refractivity contribution < 1.29 is 14.3 Å². The number of ether oxygens (including phenoxy) is 1. The number of anilines is 1. The van der Waals surface area contributed by atoms with Crippen molar-refractivity contribution in [3.63, 3.8) is 0 Å². The number of benzene rings is 1. The van der Waals surface area contributed by atoms with Crippen LogP contribution in [0.25, 0.3) is 0 Å².